The van der Waals surface area contributed by atoms with Crippen LogP contribution in [-0.4, -0.2) is 19.3 Å². The standard InChI is InChI=1S/C20H14ClN5/c1-25-19-5-3-2-4-18(19)24-20(25)15(11-22)10-14-12-23-26(13-14)17-8-6-16(21)7-9-17/h2-10,12-13H,1H3. The lowest BCUT2D eigenvalue weighted by Gasteiger charge is -2.01. The van der Waals surface area contributed by atoms with Crippen molar-refractivity contribution in [3.8, 4) is 11.8 Å². The lowest BCUT2D eigenvalue weighted by molar-refractivity contribution is 0.880. The van der Waals surface area contributed by atoms with Gasteiger partial charge >= 0.3 is 0 Å². The molecule has 26 heavy (non-hydrogen) atoms. The van der Waals surface area contributed by atoms with Gasteiger partial charge in [0, 0.05) is 23.8 Å². The fourth-order valence-electron chi connectivity index (χ4n) is 2.85. The summed E-state index contributed by atoms with van der Waals surface area (Å²) in [6, 6.07) is 17.5. The fourth-order valence-corrected chi connectivity index (χ4v) is 2.97. The maximum atomic E-state index is 9.63. The number of hydrogen-bond donors (Lipinski definition) is 0. The number of nitrogens with zero attached hydrogens (tertiary/aromatic N) is 5. The molecule has 0 fully saturated rings. The smallest absolute Gasteiger partial charge is 0.151 e. The number of benzene rings is 2. The molecule has 2 aromatic heterocycles. The van der Waals surface area contributed by atoms with Crippen LogP contribution < -0.4 is 0 Å². The predicted octanol–water partition coefficient (Wildman–Crippen LogP) is 4.48. The van der Waals surface area contributed by atoms with Gasteiger partial charge in [-0.25, -0.2) is 9.67 Å². The molecule has 0 aliphatic heterocycles. The van der Waals surface area contributed by atoms with E-state index in [0.717, 1.165) is 22.3 Å². The Bertz CT molecular complexity index is 1160. The number of aromatic nitrogens is 4. The van der Waals surface area contributed by atoms with E-state index in [1.807, 2.05) is 66.3 Å². The Morgan fingerprint density at radius 1 is 1.15 bits per heavy atom. The first-order chi connectivity index (χ1) is 12.7. The summed E-state index contributed by atoms with van der Waals surface area (Å²) in [6.45, 7) is 0. The van der Waals surface area contributed by atoms with Gasteiger partial charge in [0.15, 0.2) is 5.82 Å². The van der Waals surface area contributed by atoms with E-state index in [2.05, 4.69) is 16.2 Å². The number of aryl methyl sites for hydroxylation is 1. The third kappa shape index (κ3) is 2.87. The van der Waals surface area contributed by atoms with Crippen LogP contribution in [0, 0.1) is 11.3 Å². The summed E-state index contributed by atoms with van der Waals surface area (Å²) in [4.78, 5) is 4.58. The largest absolute Gasteiger partial charge is 0.327 e. The Balaban J connectivity index is 1.73. The summed E-state index contributed by atoms with van der Waals surface area (Å²) in [5.41, 5.74) is 4.06. The Morgan fingerprint density at radius 3 is 2.65 bits per heavy atom. The van der Waals surface area contributed by atoms with E-state index < -0.39 is 0 Å². The van der Waals surface area contributed by atoms with Gasteiger partial charge < -0.3 is 4.57 Å². The molecule has 4 aromatic rings. The topological polar surface area (TPSA) is 59.4 Å². The molecule has 0 amide bonds. The number of fused-ring (bicyclic) bond motifs is 1. The quantitative estimate of drug-likeness (QED) is 0.507. The molecule has 0 saturated carbocycles. The molecule has 2 heterocycles. The zero-order valence-corrected chi connectivity index (χ0v) is 14.7. The Labute approximate surface area is 155 Å². The van der Waals surface area contributed by atoms with E-state index >= 15 is 0 Å². The minimum atomic E-state index is 0.486. The molecule has 2 aromatic carbocycles. The number of allylic oxidation sites excluding steroid dienone is 1. The van der Waals surface area contributed by atoms with Crippen LogP contribution in [0.15, 0.2) is 60.9 Å². The third-order valence-corrected chi connectivity index (χ3v) is 4.41. The van der Waals surface area contributed by atoms with Crippen molar-refractivity contribution in [2.45, 2.75) is 0 Å². The van der Waals surface area contributed by atoms with Crippen LogP contribution in [0.2, 0.25) is 5.02 Å². The van der Waals surface area contributed by atoms with Gasteiger partial charge in [0.1, 0.15) is 6.07 Å². The Kier molecular flexibility index (Phi) is 4.04. The minimum Gasteiger partial charge on any atom is -0.327 e. The predicted molar refractivity (Wildman–Crippen MR) is 103 cm³/mol. The highest BCUT2D eigenvalue weighted by molar-refractivity contribution is 6.30. The van der Waals surface area contributed by atoms with Crippen LogP contribution in [0.25, 0.3) is 28.4 Å². The lowest BCUT2D eigenvalue weighted by atomic mass is 10.2. The molecular formula is C20H14ClN5. The highest BCUT2D eigenvalue weighted by atomic mass is 35.5. The van der Waals surface area contributed by atoms with E-state index in [1.165, 1.54) is 0 Å². The van der Waals surface area contributed by atoms with Crippen molar-refractivity contribution < 1.29 is 0 Å². The van der Waals surface area contributed by atoms with Crippen LogP contribution in [-0.2, 0) is 7.05 Å². The molecule has 0 spiro atoms. The van der Waals surface area contributed by atoms with Crippen LogP contribution in [0.1, 0.15) is 11.4 Å². The summed E-state index contributed by atoms with van der Waals surface area (Å²) in [5, 5.41) is 14.7. The van der Waals surface area contributed by atoms with Gasteiger partial charge in [-0.05, 0) is 42.5 Å². The summed E-state index contributed by atoms with van der Waals surface area (Å²) in [5.74, 6) is 0.632. The maximum Gasteiger partial charge on any atom is 0.151 e. The Hall–Kier alpha value is -3.36. The molecule has 126 valence electrons. The summed E-state index contributed by atoms with van der Waals surface area (Å²) >= 11 is 5.92. The molecule has 0 radical (unpaired) electrons. The van der Waals surface area contributed by atoms with E-state index in [9.17, 15) is 5.26 Å². The molecule has 0 aliphatic carbocycles. The van der Waals surface area contributed by atoms with Gasteiger partial charge in [0.2, 0.25) is 0 Å². The van der Waals surface area contributed by atoms with Gasteiger partial charge in [-0.2, -0.15) is 10.4 Å². The molecule has 0 aliphatic rings. The fraction of sp³-hybridized carbons (Fsp3) is 0.0500. The minimum absolute atomic E-state index is 0.486. The first-order valence-electron chi connectivity index (χ1n) is 8.00. The molecule has 0 bridgehead atoms. The number of para-hydroxylation sites is 2. The van der Waals surface area contributed by atoms with Gasteiger partial charge in [-0.15, -0.1) is 0 Å². The van der Waals surface area contributed by atoms with Gasteiger partial charge in [0.05, 0.1) is 28.5 Å². The van der Waals surface area contributed by atoms with Crippen molar-refractivity contribution in [1.29, 1.82) is 5.26 Å². The molecular weight excluding hydrogens is 346 g/mol. The summed E-state index contributed by atoms with van der Waals surface area (Å²) in [7, 11) is 1.91. The SMILES string of the molecule is Cn1c(C(C#N)=Cc2cnn(-c3ccc(Cl)cc3)c2)nc2ccccc21. The molecule has 0 atom stereocenters. The monoisotopic (exact) mass is 359 g/mol. The highest BCUT2D eigenvalue weighted by Crippen LogP contribution is 2.22. The van der Waals surface area contributed by atoms with Crippen molar-refractivity contribution in [2.24, 2.45) is 7.05 Å². The zero-order chi connectivity index (χ0) is 18.1. The maximum absolute atomic E-state index is 9.63. The second-order valence-electron chi connectivity index (χ2n) is 5.85. The van der Waals surface area contributed by atoms with E-state index in [1.54, 1.807) is 17.0 Å². The number of rotatable bonds is 3. The van der Waals surface area contributed by atoms with E-state index in [4.69, 9.17) is 11.6 Å². The van der Waals surface area contributed by atoms with Gasteiger partial charge in [0.25, 0.3) is 0 Å². The number of hydrogen-bond acceptors (Lipinski definition) is 3. The van der Waals surface area contributed by atoms with Crippen molar-refractivity contribution in [1.82, 2.24) is 19.3 Å². The van der Waals surface area contributed by atoms with Gasteiger partial charge in [-0.3, -0.25) is 0 Å². The Morgan fingerprint density at radius 2 is 1.92 bits per heavy atom. The van der Waals surface area contributed by atoms with Crippen molar-refractivity contribution in [3.05, 3.63) is 77.3 Å². The average molecular weight is 360 g/mol. The van der Waals surface area contributed by atoms with E-state index in [0.29, 0.717) is 16.4 Å². The van der Waals surface area contributed by atoms with Crippen molar-refractivity contribution in [3.63, 3.8) is 0 Å². The molecule has 4 rings (SSSR count). The molecule has 0 saturated heterocycles. The first kappa shape index (κ1) is 16.1. The van der Waals surface area contributed by atoms with Gasteiger partial charge in [-0.1, -0.05) is 23.7 Å². The van der Waals surface area contributed by atoms with Crippen LogP contribution in [0.5, 0.6) is 0 Å². The van der Waals surface area contributed by atoms with Crippen molar-refractivity contribution in [2.75, 3.05) is 0 Å². The second-order valence-corrected chi connectivity index (χ2v) is 6.28. The molecule has 5 nitrogen and oxygen atoms in total. The summed E-state index contributed by atoms with van der Waals surface area (Å²) < 4.78 is 3.67. The summed E-state index contributed by atoms with van der Waals surface area (Å²) in [6.07, 6.45) is 5.37. The number of imidazole rings is 1. The highest BCUT2D eigenvalue weighted by Gasteiger charge is 2.12. The second kappa shape index (κ2) is 6.51. The third-order valence-electron chi connectivity index (χ3n) is 4.15. The average Bonchev–Trinajstić information content (AvgIpc) is 3.26. The van der Waals surface area contributed by atoms with Crippen LogP contribution in [0.4, 0.5) is 0 Å². The normalized spacial score (nSPS) is 11.7. The zero-order valence-electron chi connectivity index (χ0n) is 14.0. The molecule has 0 N–H and O–H groups in total. The molecule has 6 heteroatoms. The van der Waals surface area contributed by atoms with Crippen molar-refractivity contribution >= 4 is 34.3 Å². The van der Waals surface area contributed by atoms with E-state index in [-0.39, 0.29) is 0 Å². The number of nitriles is 1. The lowest BCUT2D eigenvalue weighted by Crippen LogP contribution is -1.96. The molecule has 0 unspecified atom stereocenters. The van der Waals surface area contributed by atoms with Crippen LogP contribution in [0.3, 0.4) is 0 Å². The van der Waals surface area contributed by atoms with Crippen LogP contribution >= 0.6 is 11.6 Å². The number of halogens is 1. The first-order valence-corrected chi connectivity index (χ1v) is 8.38.